The summed E-state index contributed by atoms with van der Waals surface area (Å²) in [4.78, 5) is 20.3. The zero-order valence-corrected chi connectivity index (χ0v) is 11.6. The van der Waals surface area contributed by atoms with Gasteiger partial charge in [0.2, 0.25) is 0 Å². The number of benzene rings is 1. The van der Waals surface area contributed by atoms with Crippen LogP contribution < -0.4 is 5.32 Å². The predicted molar refractivity (Wildman–Crippen MR) is 73.1 cm³/mol. The molecule has 1 heterocycles. The minimum absolute atomic E-state index is 0.207. The van der Waals surface area contributed by atoms with Crippen LogP contribution in [0.2, 0.25) is 0 Å². The third-order valence-electron chi connectivity index (χ3n) is 2.98. The van der Waals surface area contributed by atoms with Crippen LogP contribution >= 0.6 is 0 Å². The maximum Gasteiger partial charge on any atom is 0.299 e. The smallest absolute Gasteiger partial charge is 0.299 e. The van der Waals surface area contributed by atoms with Gasteiger partial charge in [0, 0.05) is 12.6 Å². The van der Waals surface area contributed by atoms with Crippen molar-refractivity contribution in [3.63, 3.8) is 0 Å². The van der Waals surface area contributed by atoms with Gasteiger partial charge in [-0.2, -0.15) is 0 Å². The molecule has 114 valence electrons. The summed E-state index contributed by atoms with van der Waals surface area (Å²) in [5.74, 6) is -0.673. The van der Waals surface area contributed by atoms with Crippen molar-refractivity contribution in [2.45, 2.75) is 25.7 Å². The van der Waals surface area contributed by atoms with E-state index in [-0.39, 0.29) is 23.2 Å². The molecule has 1 aliphatic heterocycles. The molecular weight excluding hydrogens is 282 g/mol. The second-order valence-corrected chi connectivity index (χ2v) is 5.05. The molecule has 0 amide bonds. The Balaban J connectivity index is 2.09. The standard InChI is InChI=1S/C12H15N3O6/c1-12(2)20-7-9(21-12)6-13-10-4-3-8(14(16)17)5-11(10)15(18)19/h3-5,9,13H,6-7H2,1-2H3. The van der Waals surface area contributed by atoms with Crippen LogP contribution in [-0.4, -0.2) is 34.9 Å². The van der Waals surface area contributed by atoms with Gasteiger partial charge in [0.1, 0.15) is 11.8 Å². The lowest BCUT2D eigenvalue weighted by atomic mass is 10.2. The number of ether oxygens (including phenoxy) is 2. The van der Waals surface area contributed by atoms with Crippen molar-refractivity contribution in [3.8, 4) is 0 Å². The van der Waals surface area contributed by atoms with E-state index in [1.54, 1.807) is 13.8 Å². The van der Waals surface area contributed by atoms with Crippen molar-refractivity contribution < 1.29 is 19.3 Å². The second kappa shape index (κ2) is 5.62. The van der Waals surface area contributed by atoms with Gasteiger partial charge in [-0.05, 0) is 19.9 Å². The van der Waals surface area contributed by atoms with E-state index in [4.69, 9.17) is 9.47 Å². The molecular formula is C12H15N3O6. The van der Waals surface area contributed by atoms with Crippen LogP contribution in [0.15, 0.2) is 18.2 Å². The molecule has 21 heavy (non-hydrogen) atoms. The number of anilines is 1. The van der Waals surface area contributed by atoms with E-state index in [9.17, 15) is 20.2 Å². The molecule has 1 saturated heterocycles. The van der Waals surface area contributed by atoms with Gasteiger partial charge < -0.3 is 14.8 Å². The highest BCUT2D eigenvalue weighted by Gasteiger charge is 2.32. The number of nitrogens with one attached hydrogen (secondary N) is 1. The van der Waals surface area contributed by atoms with Gasteiger partial charge >= 0.3 is 0 Å². The molecule has 1 fully saturated rings. The van der Waals surface area contributed by atoms with E-state index < -0.39 is 15.6 Å². The van der Waals surface area contributed by atoms with Crippen LogP contribution in [0.1, 0.15) is 13.8 Å². The third kappa shape index (κ3) is 3.64. The van der Waals surface area contributed by atoms with Crippen LogP contribution in [-0.2, 0) is 9.47 Å². The number of nitro benzene ring substituents is 2. The number of nitrogens with zero attached hydrogens (tertiary/aromatic N) is 2. The Morgan fingerprint density at radius 1 is 1.33 bits per heavy atom. The van der Waals surface area contributed by atoms with Gasteiger partial charge in [0.25, 0.3) is 11.4 Å². The summed E-state index contributed by atoms with van der Waals surface area (Å²) in [5, 5.41) is 24.5. The number of hydrogen-bond acceptors (Lipinski definition) is 7. The van der Waals surface area contributed by atoms with E-state index in [1.807, 2.05) is 0 Å². The topological polar surface area (TPSA) is 117 Å². The van der Waals surface area contributed by atoms with Crippen molar-refractivity contribution >= 4 is 17.1 Å². The molecule has 1 aromatic carbocycles. The minimum atomic E-state index is -0.673. The Morgan fingerprint density at radius 2 is 2.05 bits per heavy atom. The largest absolute Gasteiger partial charge is 0.377 e. The maximum atomic E-state index is 11.0. The van der Waals surface area contributed by atoms with Crippen molar-refractivity contribution in [1.29, 1.82) is 0 Å². The summed E-state index contributed by atoms with van der Waals surface area (Å²) < 4.78 is 11.0. The van der Waals surface area contributed by atoms with Gasteiger partial charge in [-0.15, -0.1) is 0 Å². The van der Waals surface area contributed by atoms with Gasteiger partial charge in [-0.25, -0.2) is 0 Å². The van der Waals surface area contributed by atoms with Crippen LogP contribution in [0.3, 0.4) is 0 Å². The van der Waals surface area contributed by atoms with Gasteiger partial charge in [0.05, 0.1) is 22.5 Å². The average molecular weight is 297 g/mol. The van der Waals surface area contributed by atoms with Crippen molar-refractivity contribution in [3.05, 3.63) is 38.4 Å². The normalized spacial score (nSPS) is 20.2. The molecule has 1 unspecified atom stereocenters. The molecule has 0 bridgehead atoms. The van der Waals surface area contributed by atoms with Crippen molar-refractivity contribution in [1.82, 2.24) is 0 Å². The fourth-order valence-electron chi connectivity index (χ4n) is 2.02. The number of rotatable bonds is 5. The highest BCUT2D eigenvalue weighted by Crippen LogP contribution is 2.29. The Hall–Kier alpha value is -2.26. The molecule has 0 aliphatic carbocycles. The Labute approximate surface area is 120 Å². The molecule has 0 spiro atoms. The summed E-state index contributed by atoms with van der Waals surface area (Å²) in [6.45, 7) is 4.24. The minimum Gasteiger partial charge on any atom is -0.377 e. The average Bonchev–Trinajstić information content (AvgIpc) is 2.75. The first kappa shape index (κ1) is 15.1. The monoisotopic (exact) mass is 297 g/mol. The van der Waals surface area contributed by atoms with Crippen LogP contribution in [0.5, 0.6) is 0 Å². The second-order valence-electron chi connectivity index (χ2n) is 5.05. The lowest BCUT2D eigenvalue weighted by Gasteiger charge is -2.17. The zero-order valence-electron chi connectivity index (χ0n) is 11.6. The first-order chi connectivity index (χ1) is 9.78. The molecule has 0 radical (unpaired) electrons. The Bertz CT molecular complexity index is 574. The fraction of sp³-hybridized carbons (Fsp3) is 0.500. The fourth-order valence-corrected chi connectivity index (χ4v) is 2.02. The van der Waals surface area contributed by atoms with Gasteiger partial charge in [0.15, 0.2) is 5.79 Å². The van der Waals surface area contributed by atoms with E-state index in [0.29, 0.717) is 13.2 Å². The number of hydrogen-bond donors (Lipinski definition) is 1. The first-order valence-corrected chi connectivity index (χ1v) is 6.27. The highest BCUT2D eigenvalue weighted by molar-refractivity contribution is 5.65. The van der Waals surface area contributed by atoms with Crippen LogP contribution in [0.4, 0.5) is 17.1 Å². The third-order valence-corrected chi connectivity index (χ3v) is 2.98. The summed E-state index contributed by atoms with van der Waals surface area (Å²) in [7, 11) is 0. The molecule has 9 heteroatoms. The molecule has 0 saturated carbocycles. The Morgan fingerprint density at radius 3 is 2.57 bits per heavy atom. The Kier molecular flexibility index (Phi) is 4.05. The number of non-ortho nitro benzene ring substituents is 1. The van der Waals surface area contributed by atoms with Crippen molar-refractivity contribution in [2.24, 2.45) is 0 Å². The number of nitro groups is 2. The van der Waals surface area contributed by atoms with Crippen LogP contribution in [0, 0.1) is 20.2 Å². The molecule has 1 N–H and O–H groups in total. The molecule has 0 aromatic heterocycles. The summed E-state index contributed by atoms with van der Waals surface area (Å²) in [5.41, 5.74) is -0.463. The summed E-state index contributed by atoms with van der Waals surface area (Å²) >= 11 is 0. The molecule has 1 aliphatic rings. The van der Waals surface area contributed by atoms with Crippen LogP contribution in [0.25, 0.3) is 0 Å². The maximum absolute atomic E-state index is 11.0. The zero-order chi connectivity index (χ0) is 15.6. The molecule has 9 nitrogen and oxygen atoms in total. The SMILES string of the molecule is CC1(C)OCC(CNc2ccc([N+](=O)[O-])cc2[N+](=O)[O-])O1. The molecule has 1 atom stereocenters. The summed E-state index contributed by atoms with van der Waals surface area (Å²) in [6.07, 6.45) is -0.241. The van der Waals surface area contributed by atoms with Gasteiger partial charge in [-0.3, -0.25) is 20.2 Å². The quantitative estimate of drug-likeness (QED) is 0.653. The summed E-state index contributed by atoms with van der Waals surface area (Å²) in [6, 6.07) is 3.46. The molecule has 2 rings (SSSR count). The lowest BCUT2D eigenvalue weighted by molar-refractivity contribution is -0.393. The van der Waals surface area contributed by atoms with E-state index >= 15 is 0 Å². The van der Waals surface area contributed by atoms with Crippen molar-refractivity contribution in [2.75, 3.05) is 18.5 Å². The lowest BCUT2D eigenvalue weighted by Crippen LogP contribution is -2.26. The predicted octanol–water partition coefficient (Wildman–Crippen LogP) is 2.07. The van der Waals surface area contributed by atoms with E-state index in [2.05, 4.69) is 5.32 Å². The molecule has 1 aromatic rings. The highest BCUT2D eigenvalue weighted by atomic mass is 16.7. The van der Waals surface area contributed by atoms with E-state index in [0.717, 1.165) is 6.07 Å². The van der Waals surface area contributed by atoms with Gasteiger partial charge in [-0.1, -0.05) is 0 Å². The first-order valence-electron chi connectivity index (χ1n) is 6.27. The van der Waals surface area contributed by atoms with E-state index in [1.165, 1.54) is 12.1 Å².